The van der Waals surface area contributed by atoms with E-state index in [9.17, 15) is 8.42 Å². The van der Waals surface area contributed by atoms with Gasteiger partial charge >= 0.3 is 0 Å². The standard InChI is InChI=1S/C6H9N3O3S/c1-5-7-2-6(3-8-5)4-13(11,12)9-10/h2-3,9-10H,4H2,1H3. The van der Waals surface area contributed by atoms with E-state index in [-0.39, 0.29) is 5.75 Å². The third-order valence-corrected chi connectivity index (χ3v) is 2.32. The fourth-order valence-electron chi connectivity index (χ4n) is 0.746. The Kier molecular flexibility index (Phi) is 2.91. The molecule has 1 aromatic heterocycles. The molecule has 72 valence electrons. The van der Waals surface area contributed by atoms with Gasteiger partial charge in [-0.1, -0.05) is 4.89 Å². The lowest BCUT2D eigenvalue weighted by molar-refractivity contribution is 0.242. The zero-order chi connectivity index (χ0) is 9.90. The third kappa shape index (κ3) is 3.05. The number of nitrogens with one attached hydrogen (secondary N) is 1. The largest absolute Gasteiger partial charge is 0.302 e. The van der Waals surface area contributed by atoms with Gasteiger partial charge in [-0.2, -0.15) is 0 Å². The normalized spacial score (nSPS) is 11.5. The molecule has 0 saturated carbocycles. The van der Waals surface area contributed by atoms with Crippen molar-refractivity contribution in [2.45, 2.75) is 12.7 Å². The van der Waals surface area contributed by atoms with E-state index >= 15 is 0 Å². The van der Waals surface area contributed by atoms with Crippen molar-refractivity contribution in [3.63, 3.8) is 0 Å². The summed E-state index contributed by atoms with van der Waals surface area (Å²) in [5.41, 5.74) is 0.423. The van der Waals surface area contributed by atoms with Gasteiger partial charge in [0.15, 0.2) is 0 Å². The van der Waals surface area contributed by atoms with Crippen LogP contribution in [0.3, 0.4) is 0 Å². The van der Waals surface area contributed by atoms with Crippen molar-refractivity contribution in [2.75, 3.05) is 0 Å². The second-order valence-corrected chi connectivity index (χ2v) is 4.19. The molecule has 0 amide bonds. The van der Waals surface area contributed by atoms with E-state index in [1.165, 1.54) is 17.3 Å². The van der Waals surface area contributed by atoms with Crippen LogP contribution in [0.25, 0.3) is 0 Å². The number of rotatable bonds is 3. The smallest absolute Gasteiger partial charge is 0.237 e. The number of hydrogen-bond acceptors (Lipinski definition) is 5. The lowest BCUT2D eigenvalue weighted by Gasteiger charge is -2.00. The van der Waals surface area contributed by atoms with Gasteiger partial charge in [-0.25, -0.2) is 18.4 Å². The first-order valence-corrected chi connectivity index (χ1v) is 5.10. The third-order valence-electron chi connectivity index (χ3n) is 1.33. The predicted molar refractivity (Wildman–Crippen MR) is 44.3 cm³/mol. The summed E-state index contributed by atoms with van der Waals surface area (Å²) in [5, 5.41) is 8.23. The maximum absolute atomic E-state index is 10.8. The van der Waals surface area contributed by atoms with E-state index in [1.807, 2.05) is 0 Å². The second-order valence-electron chi connectivity index (χ2n) is 2.49. The van der Waals surface area contributed by atoms with Gasteiger partial charge in [-0.05, 0) is 6.92 Å². The van der Waals surface area contributed by atoms with Crippen molar-refractivity contribution in [1.29, 1.82) is 0 Å². The summed E-state index contributed by atoms with van der Waals surface area (Å²) in [4.78, 5) is 8.85. The van der Waals surface area contributed by atoms with E-state index in [4.69, 9.17) is 5.21 Å². The summed E-state index contributed by atoms with van der Waals surface area (Å²) in [6, 6.07) is 0. The lowest BCUT2D eigenvalue weighted by Crippen LogP contribution is -2.21. The first-order valence-electron chi connectivity index (χ1n) is 3.44. The van der Waals surface area contributed by atoms with Crippen LogP contribution in [0.15, 0.2) is 12.4 Å². The van der Waals surface area contributed by atoms with Crippen LogP contribution < -0.4 is 4.89 Å². The molecule has 2 N–H and O–H groups in total. The summed E-state index contributed by atoms with van der Waals surface area (Å²) in [6.07, 6.45) is 2.80. The Hall–Kier alpha value is -1.05. The SMILES string of the molecule is Cc1ncc(CS(=O)(=O)NO)cn1. The maximum Gasteiger partial charge on any atom is 0.237 e. The first-order chi connectivity index (χ1) is 6.03. The van der Waals surface area contributed by atoms with Gasteiger partial charge in [0.05, 0.1) is 5.75 Å². The molecule has 0 aliphatic carbocycles. The summed E-state index contributed by atoms with van der Waals surface area (Å²) < 4.78 is 21.7. The fraction of sp³-hybridized carbons (Fsp3) is 0.333. The average molecular weight is 203 g/mol. The van der Waals surface area contributed by atoms with Gasteiger partial charge in [0.2, 0.25) is 10.0 Å². The molecule has 0 spiro atoms. The van der Waals surface area contributed by atoms with Crippen molar-refractivity contribution in [3.05, 3.63) is 23.8 Å². The number of sulfonamides is 1. The van der Waals surface area contributed by atoms with Crippen LogP contribution in [-0.4, -0.2) is 23.6 Å². The monoisotopic (exact) mass is 203 g/mol. The molecule has 1 aromatic rings. The van der Waals surface area contributed by atoms with Gasteiger partial charge in [-0.15, -0.1) is 0 Å². The quantitative estimate of drug-likeness (QED) is 0.652. The Morgan fingerprint density at radius 1 is 1.46 bits per heavy atom. The molecule has 0 atom stereocenters. The van der Waals surface area contributed by atoms with Crippen molar-refractivity contribution in [1.82, 2.24) is 14.9 Å². The first kappa shape index (κ1) is 10.0. The molecule has 0 fully saturated rings. The Bertz CT molecular complexity index is 373. The molecule has 6 nitrogen and oxygen atoms in total. The zero-order valence-electron chi connectivity index (χ0n) is 6.93. The van der Waals surface area contributed by atoms with Crippen LogP contribution in [0.2, 0.25) is 0 Å². The van der Waals surface area contributed by atoms with E-state index in [2.05, 4.69) is 9.97 Å². The molecule has 0 radical (unpaired) electrons. The van der Waals surface area contributed by atoms with Crippen molar-refractivity contribution < 1.29 is 13.6 Å². The minimum atomic E-state index is -3.66. The predicted octanol–water partition coefficient (Wildman–Crippen LogP) is -0.406. The number of aryl methyl sites for hydroxylation is 1. The molecule has 0 saturated heterocycles. The second kappa shape index (κ2) is 3.77. The molecule has 1 rings (SSSR count). The molecule has 13 heavy (non-hydrogen) atoms. The Morgan fingerprint density at radius 2 is 2.00 bits per heavy atom. The van der Waals surface area contributed by atoms with Gasteiger partial charge in [0, 0.05) is 18.0 Å². The van der Waals surface area contributed by atoms with Gasteiger partial charge < -0.3 is 5.21 Å². The molecule has 7 heteroatoms. The van der Waals surface area contributed by atoms with E-state index < -0.39 is 10.0 Å². The van der Waals surface area contributed by atoms with E-state index in [0.29, 0.717) is 11.4 Å². The maximum atomic E-state index is 10.8. The summed E-state index contributed by atoms with van der Waals surface area (Å²) in [7, 11) is -3.66. The van der Waals surface area contributed by atoms with Gasteiger partial charge in [0.1, 0.15) is 5.82 Å². The molecular formula is C6H9N3O3S. The topological polar surface area (TPSA) is 92.2 Å². The molecule has 0 aliphatic rings. The van der Waals surface area contributed by atoms with Gasteiger partial charge in [-0.3, -0.25) is 0 Å². The highest BCUT2D eigenvalue weighted by molar-refractivity contribution is 7.88. The number of hydrogen-bond donors (Lipinski definition) is 2. The van der Waals surface area contributed by atoms with Crippen molar-refractivity contribution in [2.24, 2.45) is 0 Å². The minimum Gasteiger partial charge on any atom is -0.302 e. The van der Waals surface area contributed by atoms with Crippen molar-refractivity contribution in [3.8, 4) is 0 Å². The fourth-order valence-corrected chi connectivity index (χ4v) is 1.40. The van der Waals surface area contributed by atoms with E-state index in [1.54, 1.807) is 6.92 Å². The molecular weight excluding hydrogens is 194 g/mol. The lowest BCUT2D eigenvalue weighted by atomic mass is 10.4. The Labute approximate surface area is 75.7 Å². The van der Waals surface area contributed by atoms with Crippen LogP contribution in [0.5, 0.6) is 0 Å². The van der Waals surface area contributed by atoms with E-state index in [0.717, 1.165) is 0 Å². The highest BCUT2D eigenvalue weighted by Crippen LogP contribution is 2.00. The molecule has 0 aromatic carbocycles. The highest BCUT2D eigenvalue weighted by atomic mass is 32.2. The Morgan fingerprint density at radius 3 is 2.46 bits per heavy atom. The number of aromatic nitrogens is 2. The molecule has 1 heterocycles. The van der Waals surface area contributed by atoms with Crippen LogP contribution in [0.1, 0.15) is 11.4 Å². The summed E-state index contributed by atoms with van der Waals surface area (Å²) >= 11 is 0. The zero-order valence-corrected chi connectivity index (χ0v) is 7.74. The molecule has 0 bridgehead atoms. The summed E-state index contributed by atoms with van der Waals surface area (Å²) in [5.74, 6) is 0.238. The summed E-state index contributed by atoms with van der Waals surface area (Å²) in [6.45, 7) is 1.70. The van der Waals surface area contributed by atoms with Gasteiger partial charge in [0.25, 0.3) is 0 Å². The molecule has 0 aliphatic heterocycles. The van der Waals surface area contributed by atoms with Crippen molar-refractivity contribution >= 4 is 10.0 Å². The average Bonchev–Trinajstić information content (AvgIpc) is 2.09. The number of nitrogens with zero attached hydrogens (tertiary/aromatic N) is 2. The highest BCUT2D eigenvalue weighted by Gasteiger charge is 2.09. The molecule has 0 unspecified atom stereocenters. The van der Waals surface area contributed by atoms with Crippen LogP contribution in [0.4, 0.5) is 0 Å². The minimum absolute atomic E-state index is 0.330. The van der Waals surface area contributed by atoms with Crippen LogP contribution >= 0.6 is 0 Å². The Balaban J connectivity index is 2.82. The van der Waals surface area contributed by atoms with Crippen LogP contribution in [-0.2, 0) is 15.8 Å². The van der Waals surface area contributed by atoms with Crippen LogP contribution in [0, 0.1) is 6.92 Å².